The normalized spacial score (nSPS) is 14.3. The number of imidazole rings is 1. The highest BCUT2D eigenvalue weighted by atomic mass is 35.5. The molecule has 3 rings (SSSR count). The second kappa shape index (κ2) is 9.46. The molecule has 0 saturated heterocycles. The van der Waals surface area contributed by atoms with Crippen LogP contribution in [0.15, 0.2) is 40.2 Å². The van der Waals surface area contributed by atoms with Gasteiger partial charge in [-0.25, -0.2) is 9.78 Å². The molecule has 0 aliphatic carbocycles. The first-order valence-corrected chi connectivity index (χ1v) is 9.63. The summed E-state index contributed by atoms with van der Waals surface area (Å²) >= 11 is 0. The van der Waals surface area contributed by atoms with Gasteiger partial charge in [0.1, 0.15) is 17.9 Å². The maximum absolute atomic E-state index is 12.5. The summed E-state index contributed by atoms with van der Waals surface area (Å²) in [6.45, 7) is 4.59. The monoisotopic (exact) mass is 437 g/mol. The van der Waals surface area contributed by atoms with E-state index in [0.29, 0.717) is 17.7 Å². The van der Waals surface area contributed by atoms with Gasteiger partial charge in [0.15, 0.2) is 11.2 Å². The van der Waals surface area contributed by atoms with Gasteiger partial charge >= 0.3 is 5.69 Å². The van der Waals surface area contributed by atoms with Crippen LogP contribution >= 0.6 is 0 Å². The van der Waals surface area contributed by atoms with E-state index in [4.69, 9.17) is 0 Å². The van der Waals surface area contributed by atoms with Crippen molar-refractivity contribution in [3.8, 4) is 5.75 Å². The lowest BCUT2D eigenvalue weighted by Gasteiger charge is -2.22. The molecule has 0 spiro atoms. The topological polar surface area (TPSA) is 119 Å². The zero-order chi connectivity index (χ0) is 21.3. The second-order valence-electron chi connectivity index (χ2n) is 7.67. The molecule has 3 unspecified atom stereocenters. The molecule has 164 valence electrons. The smallest absolute Gasteiger partial charge is 0.332 e. The van der Waals surface area contributed by atoms with Gasteiger partial charge in [0.2, 0.25) is 0 Å². The number of aliphatic hydroxyl groups is 1. The highest BCUT2D eigenvalue weighted by Gasteiger charge is 2.22. The van der Waals surface area contributed by atoms with Crippen molar-refractivity contribution in [3.63, 3.8) is 0 Å². The summed E-state index contributed by atoms with van der Waals surface area (Å²) in [4.78, 5) is 28.8. The van der Waals surface area contributed by atoms with Crippen LogP contribution in [0.5, 0.6) is 5.75 Å². The molecular formula is C20H28ClN5O4. The van der Waals surface area contributed by atoms with Crippen molar-refractivity contribution >= 4 is 11.2 Å². The summed E-state index contributed by atoms with van der Waals surface area (Å²) in [6, 6.07) is 6.66. The van der Waals surface area contributed by atoms with Crippen LogP contribution in [0, 0.1) is 0 Å². The number of aryl methyl sites for hydroxylation is 2. The average molecular weight is 438 g/mol. The zero-order valence-electron chi connectivity index (χ0n) is 17.5. The van der Waals surface area contributed by atoms with E-state index in [9.17, 15) is 19.8 Å². The van der Waals surface area contributed by atoms with Crippen molar-refractivity contribution in [2.45, 2.75) is 45.0 Å². The predicted octanol–water partition coefficient (Wildman–Crippen LogP) is -3.39. The van der Waals surface area contributed by atoms with Crippen molar-refractivity contribution in [2.75, 3.05) is 0 Å². The highest BCUT2D eigenvalue weighted by Crippen LogP contribution is 2.18. The number of aliphatic hydroxyl groups excluding tert-OH is 1. The average Bonchev–Trinajstić information content (AvgIpc) is 3.13. The summed E-state index contributed by atoms with van der Waals surface area (Å²) < 4.78 is 4.24. The minimum atomic E-state index is -0.658. The fourth-order valence-electron chi connectivity index (χ4n) is 3.60. The molecule has 3 atom stereocenters. The van der Waals surface area contributed by atoms with E-state index in [1.807, 2.05) is 6.92 Å². The zero-order valence-corrected chi connectivity index (χ0v) is 18.2. The van der Waals surface area contributed by atoms with Gasteiger partial charge in [-0.2, -0.15) is 0 Å². The fraction of sp³-hybridized carbons (Fsp3) is 0.450. The maximum Gasteiger partial charge on any atom is 0.332 e. The summed E-state index contributed by atoms with van der Waals surface area (Å²) in [5.74, 6) is 0.169. The van der Waals surface area contributed by atoms with E-state index in [2.05, 4.69) is 17.2 Å². The van der Waals surface area contributed by atoms with Crippen LogP contribution in [0.1, 0.15) is 31.9 Å². The third-order valence-electron chi connectivity index (χ3n) is 5.41. The Hall–Kier alpha value is -2.62. The molecule has 0 aliphatic heterocycles. The Labute approximate surface area is 180 Å². The van der Waals surface area contributed by atoms with Crippen LogP contribution in [-0.4, -0.2) is 41.0 Å². The van der Waals surface area contributed by atoms with E-state index in [1.165, 1.54) is 11.6 Å². The molecule has 0 amide bonds. The summed E-state index contributed by atoms with van der Waals surface area (Å²) in [7, 11) is 3.06. The molecule has 30 heavy (non-hydrogen) atoms. The maximum atomic E-state index is 12.5. The molecule has 2 heterocycles. The van der Waals surface area contributed by atoms with Crippen LogP contribution in [0.25, 0.3) is 11.2 Å². The molecule has 9 nitrogen and oxygen atoms in total. The van der Waals surface area contributed by atoms with E-state index in [1.54, 1.807) is 42.2 Å². The van der Waals surface area contributed by atoms with Crippen LogP contribution < -0.4 is 29.0 Å². The van der Waals surface area contributed by atoms with E-state index in [0.717, 1.165) is 16.6 Å². The van der Waals surface area contributed by atoms with E-state index in [-0.39, 0.29) is 35.8 Å². The number of fused-ring (bicyclic) bond motifs is 1. The van der Waals surface area contributed by atoms with Gasteiger partial charge in [-0.15, -0.1) is 0 Å². The number of nitrogens with two attached hydrogens (primary N) is 1. The molecule has 3 aromatic rings. The molecule has 4 N–H and O–H groups in total. The SMILES string of the molecule is CC(CCn1cnc2c1c(=O)n(C)c(=O)n2C)[NH2+]C(C)C(O)c1ccc(O)cc1.[Cl-]. The third kappa shape index (κ3) is 4.58. The fourth-order valence-corrected chi connectivity index (χ4v) is 3.60. The van der Waals surface area contributed by atoms with Gasteiger partial charge < -0.3 is 32.5 Å². The Morgan fingerprint density at radius 2 is 1.73 bits per heavy atom. The number of phenols is 1. The van der Waals surface area contributed by atoms with Crippen molar-refractivity contribution in [3.05, 3.63) is 57.0 Å². The summed E-state index contributed by atoms with van der Waals surface area (Å²) in [6.07, 6.45) is 1.69. The van der Waals surface area contributed by atoms with E-state index < -0.39 is 11.8 Å². The Morgan fingerprint density at radius 1 is 1.10 bits per heavy atom. The first kappa shape index (κ1) is 23.7. The van der Waals surface area contributed by atoms with Gasteiger partial charge in [-0.1, -0.05) is 12.1 Å². The number of quaternary nitrogens is 1. The molecule has 2 aromatic heterocycles. The van der Waals surface area contributed by atoms with Crippen molar-refractivity contribution in [2.24, 2.45) is 14.1 Å². The lowest BCUT2D eigenvalue weighted by atomic mass is 10.0. The molecular weight excluding hydrogens is 410 g/mol. The van der Waals surface area contributed by atoms with Gasteiger partial charge in [0.25, 0.3) is 5.56 Å². The van der Waals surface area contributed by atoms with Crippen LogP contribution in [-0.2, 0) is 20.6 Å². The van der Waals surface area contributed by atoms with Crippen molar-refractivity contribution in [1.29, 1.82) is 0 Å². The first-order chi connectivity index (χ1) is 13.7. The molecule has 0 aliphatic rings. The molecule has 1 aromatic carbocycles. The standard InChI is InChI=1S/C20H27N5O4.ClH/c1-12(22-13(2)17(27)14-5-7-15(26)8-6-14)9-10-25-11-21-18-16(25)19(28)24(4)20(29)23(18)3;/h5-8,11-13,17,22,26-27H,9-10H2,1-4H3;1H. The van der Waals surface area contributed by atoms with Crippen molar-refractivity contribution in [1.82, 2.24) is 18.7 Å². The van der Waals surface area contributed by atoms with Crippen LogP contribution in [0.2, 0.25) is 0 Å². The number of hydrogen-bond donors (Lipinski definition) is 3. The van der Waals surface area contributed by atoms with Crippen LogP contribution in [0.4, 0.5) is 0 Å². The lowest BCUT2D eigenvalue weighted by molar-refractivity contribution is -0.723. The van der Waals surface area contributed by atoms with Gasteiger partial charge in [0, 0.05) is 27.1 Å². The van der Waals surface area contributed by atoms with Gasteiger partial charge in [-0.05, 0) is 31.5 Å². The third-order valence-corrected chi connectivity index (χ3v) is 5.41. The van der Waals surface area contributed by atoms with Crippen molar-refractivity contribution < 1.29 is 27.9 Å². The summed E-state index contributed by atoms with van der Waals surface area (Å²) in [5, 5.41) is 22.0. The van der Waals surface area contributed by atoms with E-state index >= 15 is 0 Å². The largest absolute Gasteiger partial charge is 1.00 e. The second-order valence-corrected chi connectivity index (χ2v) is 7.67. The number of nitrogens with zero attached hydrogens (tertiary/aromatic N) is 4. The Bertz CT molecular complexity index is 1120. The number of rotatable bonds is 7. The number of benzene rings is 1. The predicted molar refractivity (Wildman–Crippen MR) is 109 cm³/mol. The Balaban J connectivity index is 0.00000320. The van der Waals surface area contributed by atoms with Gasteiger partial charge in [0.05, 0.1) is 12.4 Å². The minimum Gasteiger partial charge on any atom is -1.00 e. The lowest BCUT2D eigenvalue weighted by Crippen LogP contribution is -3.00. The number of aromatic nitrogens is 4. The summed E-state index contributed by atoms with van der Waals surface area (Å²) in [5.41, 5.74) is 0.799. The molecule has 10 heteroatoms. The highest BCUT2D eigenvalue weighted by molar-refractivity contribution is 5.69. The Morgan fingerprint density at radius 3 is 2.37 bits per heavy atom. The molecule has 0 bridgehead atoms. The molecule has 0 saturated carbocycles. The number of aromatic hydroxyl groups is 1. The van der Waals surface area contributed by atoms with Crippen LogP contribution in [0.3, 0.4) is 0 Å². The minimum absolute atomic E-state index is 0. The first-order valence-electron chi connectivity index (χ1n) is 9.63. The molecule has 0 radical (unpaired) electrons. The number of phenolic OH excluding ortho intramolecular Hbond substituents is 1. The molecule has 0 fully saturated rings. The Kier molecular flexibility index (Phi) is 7.46. The number of hydrogen-bond acceptors (Lipinski definition) is 5. The quantitative estimate of drug-likeness (QED) is 0.356. The number of halogens is 1. The van der Waals surface area contributed by atoms with Gasteiger partial charge in [-0.3, -0.25) is 13.9 Å².